The van der Waals surface area contributed by atoms with Crippen LogP contribution < -0.4 is 15.5 Å². The molecule has 2 N–H and O–H groups in total. The van der Waals surface area contributed by atoms with Crippen LogP contribution in [0.4, 0.5) is 24.7 Å². The number of amides is 1. The van der Waals surface area contributed by atoms with Crippen molar-refractivity contribution in [3.63, 3.8) is 0 Å². The molecule has 1 amide bonds. The molecular formula is C21H15Cl2F3N4O2. The van der Waals surface area contributed by atoms with E-state index < -0.39 is 17.8 Å². The summed E-state index contributed by atoms with van der Waals surface area (Å²) >= 11 is 11.8. The summed E-state index contributed by atoms with van der Waals surface area (Å²) in [6.45, 7) is 0. The third-order valence-corrected chi connectivity index (χ3v) is 4.58. The molecule has 0 fully saturated rings. The first-order chi connectivity index (χ1) is 15.2. The molecule has 0 atom stereocenters. The van der Waals surface area contributed by atoms with E-state index in [0.717, 1.165) is 6.07 Å². The number of hydrogen-bond donors (Lipinski definition) is 2. The number of hydrazone groups is 1. The van der Waals surface area contributed by atoms with Crippen molar-refractivity contribution in [3.8, 4) is 5.75 Å². The molecule has 32 heavy (non-hydrogen) atoms. The number of halogens is 5. The van der Waals surface area contributed by atoms with Crippen molar-refractivity contribution in [2.45, 2.75) is 6.18 Å². The van der Waals surface area contributed by atoms with Crippen LogP contribution in [0.1, 0.15) is 21.6 Å². The number of alkyl halides is 3. The fourth-order valence-electron chi connectivity index (χ4n) is 2.58. The van der Waals surface area contributed by atoms with E-state index in [1.165, 1.54) is 25.5 Å². The second-order valence-corrected chi connectivity index (χ2v) is 7.18. The Balaban J connectivity index is 1.91. The molecule has 1 aromatic heterocycles. The normalized spacial score (nSPS) is 11.4. The van der Waals surface area contributed by atoms with Crippen LogP contribution >= 0.6 is 23.2 Å². The average Bonchev–Trinajstić information content (AvgIpc) is 2.74. The summed E-state index contributed by atoms with van der Waals surface area (Å²) in [6, 6.07) is 12.9. The molecule has 3 aromatic rings. The van der Waals surface area contributed by atoms with Crippen LogP contribution in [0.5, 0.6) is 5.75 Å². The highest BCUT2D eigenvalue weighted by Gasteiger charge is 2.33. The zero-order chi connectivity index (χ0) is 23.3. The standard InChI is InChI=1S/C21H15Cl2F3N4O2/c1-32-17-8-6-14(23)10-16(17)28-19-15(7-9-18(29-19)21(24,25)26)20(31)30-27-11-12-2-4-13(22)5-3-12/h2-11H,1H3,(H,28,29)(H,30,31)/b27-11+. The second kappa shape index (κ2) is 9.88. The molecule has 0 aliphatic rings. The Hall–Kier alpha value is -3.30. The molecule has 0 spiro atoms. The van der Waals surface area contributed by atoms with Gasteiger partial charge in [-0.1, -0.05) is 35.3 Å². The monoisotopic (exact) mass is 482 g/mol. The first kappa shape index (κ1) is 23.4. The quantitative estimate of drug-likeness (QED) is 0.337. The third kappa shape index (κ3) is 5.89. The number of rotatable bonds is 6. The van der Waals surface area contributed by atoms with Crippen LogP contribution in [0.2, 0.25) is 10.0 Å². The molecule has 1 heterocycles. The highest BCUT2D eigenvalue weighted by Crippen LogP contribution is 2.34. The van der Waals surface area contributed by atoms with Crippen LogP contribution in [0.25, 0.3) is 0 Å². The summed E-state index contributed by atoms with van der Waals surface area (Å²) in [7, 11) is 1.38. The molecule has 3 rings (SSSR count). The van der Waals surface area contributed by atoms with E-state index in [0.29, 0.717) is 27.4 Å². The van der Waals surface area contributed by atoms with Crippen molar-refractivity contribution in [2.75, 3.05) is 12.4 Å². The predicted molar refractivity (Wildman–Crippen MR) is 117 cm³/mol. The molecule has 11 heteroatoms. The predicted octanol–water partition coefficient (Wildman–Crippen LogP) is 5.92. The lowest BCUT2D eigenvalue weighted by molar-refractivity contribution is -0.141. The Bertz CT molecular complexity index is 1150. The highest BCUT2D eigenvalue weighted by molar-refractivity contribution is 6.31. The molecule has 0 saturated carbocycles. The number of carbonyl (C=O) groups is 1. The minimum Gasteiger partial charge on any atom is -0.495 e. The maximum atomic E-state index is 13.2. The van der Waals surface area contributed by atoms with Gasteiger partial charge in [-0.05, 0) is 48.0 Å². The first-order valence-electron chi connectivity index (χ1n) is 8.95. The third-order valence-electron chi connectivity index (χ3n) is 4.09. The Labute approximate surface area is 191 Å². The Morgan fingerprint density at radius 3 is 2.41 bits per heavy atom. The second-order valence-electron chi connectivity index (χ2n) is 6.31. The van der Waals surface area contributed by atoms with Gasteiger partial charge in [0.1, 0.15) is 17.3 Å². The Morgan fingerprint density at radius 1 is 1.06 bits per heavy atom. The smallest absolute Gasteiger partial charge is 0.433 e. The largest absolute Gasteiger partial charge is 0.495 e. The van der Waals surface area contributed by atoms with Crippen molar-refractivity contribution < 1.29 is 22.7 Å². The number of nitrogens with zero attached hydrogens (tertiary/aromatic N) is 2. The number of aromatic nitrogens is 1. The number of carbonyl (C=O) groups excluding carboxylic acids is 1. The summed E-state index contributed by atoms with van der Waals surface area (Å²) in [5.74, 6) is -0.833. The lowest BCUT2D eigenvalue weighted by atomic mass is 10.2. The zero-order valence-electron chi connectivity index (χ0n) is 16.4. The fourth-order valence-corrected chi connectivity index (χ4v) is 2.87. The van der Waals surface area contributed by atoms with Crippen LogP contribution in [0.3, 0.4) is 0 Å². The van der Waals surface area contributed by atoms with Gasteiger partial charge in [0, 0.05) is 10.0 Å². The van der Waals surface area contributed by atoms with Crippen LogP contribution in [0, 0.1) is 0 Å². The van der Waals surface area contributed by atoms with E-state index in [1.54, 1.807) is 30.3 Å². The van der Waals surface area contributed by atoms with Gasteiger partial charge in [-0.25, -0.2) is 10.4 Å². The van der Waals surface area contributed by atoms with Gasteiger partial charge in [0.05, 0.1) is 24.6 Å². The van der Waals surface area contributed by atoms with Crippen LogP contribution in [0.15, 0.2) is 59.7 Å². The fraction of sp³-hybridized carbons (Fsp3) is 0.0952. The number of methoxy groups -OCH3 is 1. The topological polar surface area (TPSA) is 75.6 Å². The van der Waals surface area contributed by atoms with Crippen molar-refractivity contribution in [2.24, 2.45) is 5.10 Å². The molecule has 0 radical (unpaired) electrons. The summed E-state index contributed by atoms with van der Waals surface area (Å²) in [6.07, 6.45) is -3.35. The van der Waals surface area contributed by atoms with Gasteiger partial charge in [-0.3, -0.25) is 4.79 Å². The van der Waals surface area contributed by atoms with E-state index in [9.17, 15) is 18.0 Å². The average molecular weight is 483 g/mol. The van der Waals surface area contributed by atoms with Gasteiger partial charge in [0.2, 0.25) is 0 Å². The maximum absolute atomic E-state index is 13.2. The van der Waals surface area contributed by atoms with E-state index in [4.69, 9.17) is 27.9 Å². The minimum atomic E-state index is -4.71. The maximum Gasteiger partial charge on any atom is 0.433 e. The molecule has 0 bridgehead atoms. The van der Waals surface area contributed by atoms with E-state index >= 15 is 0 Å². The summed E-state index contributed by atoms with van der Waals surface area (Å²) in [5, 5.41) is 7.36. The van der Waals surface area contributed by atoms with Gasteiger partial charge in [0.25, 0.3) is 5.91 Å². The number of benzene rings is 2. The van der Waals surface area contributed by atoms with Crippen molar-refractivity contribution in [1.29, 1.82) is 0 Å². The SMILES string of the molecule is COc1ccc(Cl)cc1Nc1nc(C(F)(F)F)ccc1C(=O)N/N=C/c1ccc(Cl)cc1. The molecular weight excluding hydrogens is 468 g/mol. The summed E-state index contributed by atoms with van der Waals surface area (Å²) in [5.41, 5.74) is 1.80. The van der Waals surface area contributed by atoms with Gasteiger partial charge >= 0.3 is 6.18 Å². The van der Waals surface area contributed by atoms with Gasteiger partial charge in [-0.2, -0.15) is 18.3 Å². The number of hydrogen-bond acceptors (Lipinski definition) is 5. The number of nitrogens with one attached hydrogen (secondary N) is 2. The molecule has 0 aliphatic carbocycles. The lowest BCUT2D eigenvalue weighted by Crippen LogP contribution is -2.21. The first-order valence-corrected chi connectivity index (χ1v) is 9.71. The molecule has 6 nitrogen and oxygen atoms in total. The van der Waals surface area contributed by atoms with E-state index in [-0.39, 0.29) is 17.1 Å². The zero-order valence-corrected chi connectivity index (χ0v) is 17.9. The molecule has 0 aliphatic heterocycles. The number of pyridine rings is 1. The van der Waals surface area contributed by atoms with Crippen molar-refractivity contribution in [3.05, 3.63) is 81.5 Å². The van der Waals surface area contributed by atoms with Gasteiger partial charge in [-0.15, -0.1) is 0 Å². The summed E-state index contributed by atoms with van der Waals surface area (Å²) < 4.78 is 44.8. The van der Waals surface area contributed by atoms with Crippen molar-refractivity contribution in [1.82, 2.24) is 10.4 Å². The lowest BCUT2D eigenvalue weighted by Gasteiger charge is -2.15. The number of ether oxygens (including phenoxy) is 1. The van der Waals surface area contributed by atoms with Gasteiger partial charge in [0.15, 0.2) is 0 Å². The van der Waals surface area contributed by atoms with Gasteiger partial charge < -0.3 is 10.1 Å². The number of anilines is 2. The summed E-state index contributed by atoms with van der Waals surface area (Å²) in [4.78, 5) is 16.2. The molecule has 166 valence electrons. The molecule has 2 aromatic carbocycles. The van der Waals surface area contributed by atoms with E-state index in [1.807, 2.05) is 0 Å². The van der Waals surface area contributed by atoms with Crippen LogP contribution in [-0.2, 0) is 6.18 Å². The Morgan fingerprint density at radius 2 is 1.75 bits per heavy atom. The van der Waals surface area contributed by atoms with Crippen molar-refractivity contribution >= 4 is 46.8 Å². The molecule has 0 unspecified atom stereocenters. The molecule has 0 saturated heterocycles. The van der Waals surface area contributed by atoms with E-state index in [2.05, 4.69) is 20.8 Å². The highest BCUT2D eigenvalue weighted by atomic mass is 35.5. The Kier molecular flexibility index (Phi) is 7.22. The van der Waals surface area contributed by atoms with Crippen LogP contribution in [-0.4, -0.2) is 24.2 Å². The minimum absolute atomic E-state index is 0.173.